The Balaban J connectivity index is 1.63. The van der Waals surface area contributed by atoms with E-state index < -0.39 is 11.9 Å². The molecule has 5 rings (SSSR count). The average Bonchev–Trinajstić information content (AvgIpc) is 3.36. The van der Waals surface area contributed by atoms with Gasteiger partial charge in [0.2, 0.25) is 0 Å². The number of nitrogens with zero attached hydrogens (tertiary/aromatic N) is 2. The molecule has 0 saturated carbocycles. The standard InChI is InChI=1S/C25H20F3N3O3/c1-31-22(32)24(30-23(31)29,19-8-9-21-17(13-19)10-11-33-21)18-6-2-4-15(12-18)16-5-3-7-20(14-16)34-25(26,27)28/h2-9,12-14H,10-11H2,1H3,(H2,29,30). The second kappa shape index (κ2) is 7.79. The SMILES string of the molecule is CN1C(=O)C(c2cccc(-c3cccc(OC(F)(F)F)c3)c2)(c2ccc3c(c2)CCO3)N=C1N. The number of alkyl halides is 3. The van der Waals surface area contributed by atoms with Crippen LogP contribution in [-0.2, 0) is 16.8 Å². The minimum atomic E-state index is -4.80. The van der Waals surface area contributed by atoms with Gasteiger partial charge in [0.15, 0.2) is 11.5 Å². The highest BCUT2D eigenvalue weighted by Crippen LogP contribution is 2.42. The van der Waals surface area contributed by atoms with Crippen LogP contribution in [0.3, 0.4) is 0 Å². The Morgan fingerprint density at radius 2 is 1.74 bits per heavy atom. The Labute approximate surface area is 193 Å². The number of hydrogen-bond donors (Lipinski definition) is 1. The van der Waals surface area contributed by atoms with Crippen molar-refractivity contribution in [1.82, 2.24) is 4.90 Å². The van der Waals surface area contributed by atoms with Gasteiger partial charge in [0.05, 0.1) is 6.61 Å². The number of rotatable bonds is 4. The van der Waals surface area contributed by atoms with Gasteiger partial charge < -0.3 is 15.2 Å². The van der Waals surface area contributed by atoms with E-state index in [0.29, 0.717) is 35.3 Å². The number of fused-ring (bicyclic) bond motifs is 1. The van der Waals surface area contributed by atoms with Crippen LogP contribution in [-0.4, -0.2) is 36.8 Å². The number of aliphatic imine (C=N–C) groups is 1. The van der Waals surface area contributed by atoms with Crippen molar-refractivity contribution in [3.63, 3.8) is 0 Å². The first-order valence-corrected chi connectivity index (χ1v) is 10.5. The molecule has 3 aromatic carbocycles. The molecule has 0 spiro atoms. The molecule has 9 heteroatoms. The number of likely N-dealkylation sites (N-methyl/N-ethyl adjacent to an activating group) is 1. The van der Waals surface area contributed by atoms with E-state index in [1.165, 1.54) is 23.1 Å². The lowest BCUT2D eigenvalue weighted by Crippen LogP contribution is -2.41. The molecule has 1 atom stereocenters. The van der Waals surface area contributed by atoms with Crippen LogP contribution in [0.4, 0.5) is 13.2 Å². The minimum Gasteiger partial charge on any atom is -0.493 e. The second-order valence-corrected chi connectivity index (χ2v) is 8.12. The van der Waals surface area contributed by atoms with Crippen molar-refractivity contribution < 1.29 is 27.4 Å². The summed E-state index contributed by atoms with van der Waals surface area (Å²) >= 11 is 0. The summed E-state index contributed by atoms with van der Waals surface area (Å²) in [5.74, 6) is 0.190. The van der Waals surface area contributed by atoms with Gasteiger partial charge in [-0.15, -0.1) is 13.2 Å². The van der Waals surface area contributed by atoms with Crippen LogP contribution < -0.4 is 15.2 Å². The third kappa shape index (κ3) is 3.63. The van der Waals surface area contributed by atoms with Gasteiger partial charge >= 0.3 is 6.36 Å². The molecule has 0 fully saturated rings. The zero-order valence-electron chi connectivity index (χ0n) is 18.1. The van der Waals surface area contributed by atoms with E-state index in [0.717, 1.165) is 11.3 Å². The summed E-state index contributed by atoms with van der Waals surface area (Å²) in [4.78, 5) is 19.5. The summed E-state index contributed by atoms with van der Waals surface area (Å²) in [6.45, 7) is 0.566. The predicted molar refractivity (Wildman–Crippen MR) is 119 cm³/mol. The molecular formula is C25H20F3N3O3. The fourth-order valence-corrected chi connectivity index (χ4v) is 4.39. The van der Waals surface area contributed by atoms with E-state index in [1.807, 2.05) is 12.1 Å². The normalized spacial score (nSPS) is 19.6. The molecular weight excluding hydrogens is 447 g/mol. The van der Waals surface area contributed by atoms with E-state index in [-0.39, 0.29) is 17.6 Å². The van der Waals surface area contributed by atoms with Gasteiger partial charge in [0, 0.05) is 13.5 Å². The third-order valence-corrected chi connectivity index (χ3v) is 6.03. The molecule has 0 saturated heterocycles. The molecule has 1 amide bonds. The molecule has 2 N–H and O–H groups in total. The zero-order chi connectivity index (χ0) is 24.1. The molecule has 3 aromatic rings. The monoisotopic (exact) mass is 467 g/mol. The molecule has 2 aliphatic heterocycles. The molecule has 0 bridgehead atoms. The van der Waals surface area contributed by atoms with Gasteiger partial charge in [-0.1, -0.05) is 36.4 Å². The predicted octanol–water partition coefficient (Wildman–Crippen LogP) is 4.22. The first kappa shape index (κ1) is 21.8. The lowest BCUT2D eigenvalue weighted by atomic mass is 9.81. The van der Waals surface area contributed by atoms with Gasteiger partial charge in [-0.05, 0) is 58.1 Å². The largest absolute Gasteiger partial charge is 0.573 e. The van der Waals surface area contributed by atoms with Crippen molar-refractivity contribution in [3.8, 4) is 22.6 Å². The van der Waals surface area contributed by atoms with E-state index in [1.54, 1.807) is 43.4 Å². The molecule has 2 aliphatic rings. The van der Waals surface area contributed by atoms with Gasteiger partial charge in [-0.2, -0.15) is 0 Å². The Morgan fingerprint density at radius 3 is 2.44 bits per heavy atom. The van der Waals surface area contributed by atoms with Crippen molar-refractivity contribution in [2.75, 3.05) is 13.7 Å². The fourth-order valence-electron chi connectivity index (χ4n) is 4.39. The molecule has 0 aliphatic carbocycles. The maximum absolute atomic E-state index is 13.6. The summed E-state index contributed by atoms with van der Waals surface area (Å²) in [5.41, 5.74) is 7.90. The number of hydrogen-bond acceptors (Lipinski definition) is 5. The molecule has 1 unspecified atom stereocenters. The summed E-state index contributed by atoms with van der Waals surface area (Å²) in [6, 6.07) is 18.2. The molecule has 2 heterocycles. The summed E-state index contributed by atoms with van der Waals surface area (Å²) < 4.78 is 47.7. The quantitative estimate of drug-likeness (QED) is 0.624. The van der Waals surface area contributed by atoms with Crippen molar-refractivity contribution in [3.05, 3.63) is 83.4 Å². The number of benzene rings is 3. The summed E-state index contributed by atoms with van der Waals surface area (Å²) in [7, 11) is 1.56. The highest BCUT2D eigenvalue weighted by Gasteiger charge is 2.50. The van der Waals surface area contributed by atoms with Crippen molar-refractivity contribution in [1.29, 1.82) is 0 Å². The van der Waals surface area contributed by atoms with Gasteiger partial charge in [-0.25, -0.2) is 4.99 Å². The Morgan fingerprint density at radius 1 is 1.03 bits per heavy atom. The van der Waals surface area contributed by atoms with Crippen molar-refractivity contribution in [2.24, 2.45) is 10.7 Å². The maximum atomic E-state index is 13.6. The molecule has 0 aromatic heterocycles. The van der Waals surface area contributed by atoms with Crippen LogP contribution in [0.5, 0.6) is 11.5 Å². The third-order valence-electron chi connectivity index (χ3n) is 6.03. The van der Waals surface area contributed by atoms with Gasteiger partial charge in [0.25, 0.3) is 5.91 Å². The Hall–Kier alpha value is -4.01. The maximum Gasteiger partial charge on any atom is 0.573 e. The topological polar surface area (TPSA) is 77.2 Å². The van der Waals surface area contributed by atoms with Crippen LogP contribution in [0.1, 0.15) is 16.7 Å². The summed E-state index contributed by atoms with van der Waals surface area (Å²) in [5, 5.41) is 0. The number of ether oxygens (including phenoxy) is 2. The number of nitrogens with two attached hydrogens (primary N) is 1. The average molecular weight is 467 g/mol. The first-order chi connectivity index (χ1) is 16.2. The highest BCUT2D eigenvalue weighted by molar-refractivity contribution is 6.09. The molecule has 6 nitrogen and oxygen atoms in total. The zero-order valence-corrected chi connectivity index (χ0v) is 18.1. The Bertz CT molecular complexity index is 1320. The van der Waals surface area contributed by atoms with E-state index in [2.05, 4.69) is 9.73 Å². The van der Waals surface area contributed by atoms with Crippen molar-refractivity contribution >= 4 is 11.9 Å². The lowest BCUT2D eigenvalue weighted by molar-refractivity contribution is -0.274. The first-order valence-electron chi connectivity index (χ1n) is 10.5. The van der Waals surface area contributed by atoms with Gasteiger partial charge in [-0.3, -0.25) is 9.69 Å². The van der Waals surface area contributed by atoms with Crippen LogP contribution in [0, 0.1) is 0 Å². The van der Waals surface area contributed by atoms with Crippen LogP contribution in [0.25, 0.3) is 11.1 Å². The number of guanidine groups is 1. The van der Waals surface area contributed by atoms with E-state index in [9.17, 15) is 18.0 Å². The number of carbonyl (C=O) groups is 1. The number of carbonyl (C=O) groups excluding carboxylic acids is 1. The minimum absolute atomic E-state index is 0.0766. The second-order valence-electron chi connectivity index (χ2n) is 8.12. The number of amides is 1. The molecule has 34 heavy (non-hydrogen) atoms. The van der Waals surface area contributed by atoms with Crippen LogP contribution in [0.15, 0.2) is 71.7 Å². The van der Waals surface area contributed by atoms with Crippen LogP contribution in [0.2, 0.25) is 0 Å². The Kier molecular flexibility index (Phi) is 5.00. The fraction of sp³-hybridized carbons (Fsp3) is 0.200. The summed E-state index contributed by atoms with van der Waals surface area (Å²) in [6.07, 6.45) is -4.08. The van der Waals surface area contributed by atoms with E-state index >= 15 is 0 Å². The van der Waals surface area contributed by atoms with E-state index in [4.69, 9.17) is 10.5 Å². The highest BCUT2D eigenvalue weighted by atomic mass is 19.4. The number of halogens is 3. The van der Waals surface area contributed by atoms with Gasteiger partial charge in [0.1, 0.15) is 11.5 Å². The van der Waals surface area contributed by atoms with Crippen molar-refractivity contribution in [2.45, 2.75) is 18.3 Å². The molecule has 0 radical (unpaired) electrons. The smallest absolute Gasteiger partial charge is 0.493 e. The molecule has 174 valence electrons. The lowest BCUT2D eigenvalue weighted by Gasteiger charge is -2.27. The van der Waals surface area contributed by atoms with Crippen LogP contribution >= 0.6 is 0 Å².